The topological polar surface area (TPSA) is 158 Å². The maximum Gasteiger partial charge on any atom is 0.235 e. The van der Waals surface area contributed by atoms with Gasteiger partial charge in [0.2, 0.25) is 5.91 Å². The molecule has 4 N–H and O–H groups in total. The Kier molecular flexibility index (Phi) is 8.22. The van der Waals surface area contributed by atoms with Gasteiger partial charge in [0.25, 0.3) is 0 Å². The minimum absolute atomic E-state index is 0.0178. The van der Waals surface area contributed by atoms with Gasteiger partial charge in [-0.3, -0.25) is 33.8 Å². The molecule has 0 radical (unpaired) electrons. The van der Waals surface area contributed by atoms with E-state index in [0.29, 0.717) is 28.6 Å². The summed E-state index contributed by atoms with van der Waals surface area (Å²) in [6.07, 6.45) is 3.30. The predicted octanol–water partition coefficient (Wildman–Crippen LogP) is 1.98. The molecule has 10 nitrogen and oxygen atoms in total. The second-order valence-corrected chi connectivity index (χ2v) is 13.8. The molecule has 6 rings (SSSR count). The number of carbonyl (C=O) groups is 5. The normalized spacial score (nSPS) is 29.5. The van der Waals surface area contributed by atoms with Gasteiger partial charge in [0.15, 0.2) is 34.7 Å². The van der Waals surface area contributed by atoms with Crippen LogP contribution in [0, 0.1) is 29.6 Å². The largest absolute Gasteiger partial charge is 0.507 e. The maximum absolute atomic E-state index is 14.0. The number of Topliss-reactive ketones (excluding diaryl/α,β-unsaturated/α-hetero) is 4. The van der Waals surface area contributed by atoms with E-state index < -0.39 is 64.4 Å². The molecule has 0 saturated heterocycles. The van der Waals surface area contributed by atoms with Crippen molar-refractivity contribution < 1.29 is 34.2 Å². The Morgan fingerprint density at radius 2 is 1.78 bits per heavy atom. The molecule has 2 unspecified atom stereocenters. The molecule has 0 heterocycles. The van der Waals surface area contributed by atoms with Crippen LogP contribution in [0.4, 0.5) is 0 Å². The number of rotatable bonds is 9. The maximum atomic E-state index is 14.0. The Labute approximate surface area is 266 Å². The van der Waals surface area contributed by atoms with Crippen LogP contribution in [0.15, 0.2) is 36.4 Å². The van der Waals surface area contributed by atoms with Crippen molar-refractivity contribution in [3.05, 3.63) is 63.7 Å². The monoisotopic (exact) mass is 635 g/mol. The van der Waals surface area contributed by atoms with Crippen molar-refractivity contribution in [3.63, 3.8) is 0 Å². The number of nitrogens with zero attached hydrogens (tertiary/aromatic N) is 2. The van der Waals surface area contributed by atoms with Crippen molar-refractivity contribution in [2.75, 3.05) is 27.2 Å². The quantitative estimate of drug-likeness (QED) is 0.350. The Bertz CT molecular complexity index is 1590. The van der Waals surface area contributed by atoms with Gasteiger partial charge in [-0.15, -0.1) is 0 Å². The summed E-state index contributed by atoms with van der Waals surface area (Å²) in [5.74, 6) is -10.1. The molecule has 0 aromatic heterocycles. The van der Waals surface area contributed by atoms with Crippen LogP contribution < -0.4 is 5.73 Å². The van der Waals surface area contributed by atoms with Crippen LogP contribution in [0.3, 0.4) is 0 Å². The number of hydrogen-bond acceptors (Lipinski definition) is 9. The average molecular weight is 636 g/mol. The van der Waals surface area contributed by atoms with Gasteiger partial charge < -0.3 is 15.9 Å². The lowest BCUT2D eigenvalue weighted by Gasteiger charge is -2.52. The van der Waals surface area contributed by atoms with Crippen molar-refractivity contribution in [2.24, 2.45) is 35.3 Å². The van der Waals surface area contributed by atoms with Gasteiger partial charge in [-0.2, -0.15) is 0 Å². The van der Waals surface area contributed by atoms with E-state index in [4.69, 9.17) is 17.3 Å². The average Bonchev–Trinajstić information content (AvgIpc) is 3.80. The van der Waals surface area contributed by atoms with Gasteiger partial charge >= 0.3 is 0 Å². The van der Waals surface area contributed by atoms with Gasteiger partial charge in [-0.1, -0.05) is 41.9 Å². The summed E-state index contributed by atoms with van der Waals surface area (Å²) in [5, 5.41) is 23.3. The molecule has 238 valence electrons. The molecule has 0 bridgehead atoms. The number of aliphatic hydroxyl groups is 1. The highest BCUT2D eigenvalue weighted by atomic mass is 35.5. The van der Waals surface area contributed by atoms with E-state index in [-0.39, 0.29) is 24.2 Å². The SMILES string of the molecule is CN(C)[C@@H]1C(=O)C(C(N)=O)C(=O)[C@@]2(O)C(=O)C3C(=O)c4c(O)cc(CN(CCc5ccccc5)CC5CC5)c(Cl)c4C[C@H]3C[C@@H]12. The number of likely N-dealkylation sites (N-methyl/N-ethyl adjacent to an activating group) is 1. The van der Waals surface area contributed by atoms with Gasteiger partial charge in [-0.05, 0) is 80.8 Å². The van der Waals surface area contributed by atoms with Crippen molar-refractivity contribution in [3.8, 4) is 5.75 Å². The first-order chi connectivity index (χ1) is 21.3. The zero-order chi connectivity index (χ0) is 32.4. The second kappa shape index (κ2) is 11.7. The third kappa shape index (κ3) is 5.31. The Morgan fingerprint density at radius 3 is 2.40 bits per heavy atom. The molecule has 4 aliphatic rings. The highest BCUT2D eigenvalue weighted by molar-refractivity contribution is 6.34. The molecule has 3 fully saturated rings. The third-order valence-electron chi connectivity index (χ3n) is 10.2. The molecule has 2 aromatic carbocycles. The lowest BCUT2D eigenvalue weighted by atomic mass is 9.52. The van der Waals surface area contributed by atoms with Gasteiger partial charge in [0.05, 0.1) is 17.5 Å². The highest BCUT2D eigenvalue weighted by Crippen LogP contribution is 2.52. The summed E-state index contributed by atoms with van der Waals surface area (Å²) >= 11 is 7.00. The number of nitrogens with two attached hydrogens (primary N) is 1. The standard InChI is InChI=1S/C34H38ClN3O7/c1-37(2)28-22-13-19-12-21-25(29(40)24(19)31(42)34(22,45)32(43)26(30(28)41)33(36)44)23(39)14-20(27(21)35)16-38(15-18-8-9-18)11-10-17-6-4-3-5-7-17/h3-7,14,18-19,22,24,26,28,39,45H,8-13,15-16H2,1-2H3,(H2,36,44)/t19-,22-,24?,26?,28-,34-/m0/s1. The second-order valence-electron chi connectivity index (χ2n) is 13.4. The predicted molar refractivity (Wildman–Crippen MR) is 165 cm³/mol. The van der Waals surface area contributed by atoms with Crippen LogP contribution in [0.1, 0.15) is 46.3 Å². The highest BCUT2D eigenvalue weighted by Gasteiger charge is 2.69. The molecule has 11 heteroatoms. The van der Waals surface area contributed by atoms with Crippen molar-refractivity contribution in [1.82, 2.24) is 9.80 Å². The molecule has 45 heavy (non-hydrogen) atoms. The fraction of sp³-hybridized carbons (Fsp3) is 0.500. The van der Waals surface area contributed by atoms with Gasteiger partial charge in [0.1, 0.15) is 5.75 Å². The van der Waals surface area contributed by atoms with E-state index in [2.05, 4.69) is 17.0 Å². The lowest BCUT2D eigenvalue weighted by Crippen LogP contribution is -2.74. The molecule has 3 saturated carbocycles. The molecule has 0 aliphatic heterocycles. The number of primary amides is 1. The number of hydrogen-bond donors (Lipinski definition) is 3. The van der Waals surface area contributed by atoms with E-state index in [1.165, 1.54) is 29.4 Å². The van der Waals surface area contributed by atoms with Crippen LogP contribution in [-0.4, -0.2) is 87.9 Å². The van der Waals surface area contributed by atoms with Gasteiger partial charge in [0, 0.05) is 30.6 Å². The number of amides is 1. The van der Waals surface area contributed by atoms with Crippen molar-refractivity contribution in [2.45, 2.75) is 50.3 Å². The number of benzene rings is 2. The van der Waals surface area contributed by atoms with Crippen LogP contribution in [0.25, 0.3) is 0 Å². The first kappa shape index (κ1) is 31.5. The molecule has 2 aromatic rings. The van der Waals surface area contributed by atoms with Crippen LogP contribution in [-0.2, 0) is 38.6 Å². The van der Waals surface area contributed by atoms with E-state index in [0.717, 1.165) is 19.5 Å². The Morgan fingerprint density at radius 1 is 1.09 bits per heavy atom. The number of ketones is 4. The molecular weight excluding hydrogens is 598 g/mol. The van der Waals surface area contributed by atoms with Crippen molar-refractivity contribution >= 4 is 40.6 Å². The number of fused-ring (bicyclic) bond motifs is 3. The summed E-state index contributed by atoms with van der Waals surface area (Å²) < 4.78 is 0. The first-order valence-electron chi connectivity index (χ1n) is 15.5. The number of phenols is 1. The molecule has 4 aliphatic carbocycles. The van der Waals surface area contributed by atoms with E-state index in [1.807, 2.05) is 18.2 Å². The fourth-order valence-electron chi connectivity index (χ4n) is 7.90. The summed E-state index contributed by atoms with van der Waals surface area (Å²) in [6.45, 7) is 2.14. The molecule has 1 amide bonds. The summed E-state index contributed by atoms with van der Waals surface area (Å²) in [4.78, 5) is 70.6. The summed E-state index contributed by atoms with van der Waals surface area (Å²) in [5.41, 5.74) is 4.86. The zero-order valence-corrected chi connectivity index (χ0v) is 26.1. The number of halogens is 1. The minimum atomic E-state index is -2.75. The van der Waals surface area contributed by atoms with Gasteiger partial charge in [-0.25, -0.2) is 0 Å². The Hall–Kier alpha value is -3.44. The van der Waals surface area contributed by atoms with Crippen molar-refractivity contribution in [1.29, 1.82) is 0 Å². The smallest absolute Gasteiger partial charge is 0.235 e. The first-order valence-corrected chi connectivity index (χ1v) is 15.9. The Balaban J connectivity index is 1.33. The minimum Gasteiger partial charge on any atom is -0.507 e. The van der Waals surface area contributed by atoms with Crippen LogP contribution in [0.2, 0.25) is 5.02 Å². The van der Waals surface area contributed by atoms with Crippen LogP contribution in [0.5, 0.6) is 5.75 Å². The number of phenolic OH excluding ortho intramolecular Hbond substituents is 1. The molecular formula is C34H38ClN3O7. The fourth-order valence-corrected chi connectivity index (χ4v) is 8.18. The lowest BCUT2D eigenvalue weighted by molar-refractivity contribution is -0.181. The third-order valence-corrected chi connectivity index (χ3v) is 10.7. The number of aromatic hydroxyl groups is 1. The van der Waals surface area contributed by atoms with E-state index in [1.54, 1.807) is 14.1 Å². The zero-order valence-electron chi connectivity index (χ0n) is 25.4. The van der Waals surface area contributed by atoms with E-state index in [9.17, 15) is 34.2 Å². The summed E-state index contributed by atoms with van der Waals surface area (Å²) in [6, 6.07) is 10.5. The number of carbonyl (C=O) groups excluding carboxylic acids is 5. The van der Waals surface area contributed by atoms with Crippen LogP contribution >= 0.6 is 11.6 Å². The summed E-state index contributed by atoms with van der Waals surface area (Å²) in [7, 11) is 3.11. The molecule has 0 spiro atoms. The van der Waals surface area contributed by atoms with E-state index >= 15 is 0 Å². The molecule has 6 atom stereocenters.